The summed E-state index contributed by atoms with van der Waals surface area (Å²) in [6.07, 6.45) is 8.11. The standard InChI is InChI=1S/C26H27N4O3/c27-30-11-10-28-15-21(30)24(20-13-26(32,14-20)16-31)29-25(30)19-7-6-18-8-9-22(33-23(18)12-19)17-4-2-1-3-5-17/h1-7,10-12,15,20,22,31-32H,8-9,13-14,16,27H2/q+1. The molecule has 1 aliphatic carbocycles. The fourth-order valence-corrected chi connectivity index (χ4v) is 5.30. The third-order valence-corrected chi connectivity index (χ3v) is 7.20. The lowest BCUT2D eigenvalue weighted by atomic mass is 9.69. The molecule has 0 bridgehead atoms. The Kier molecular flexibility index (Phi) is 4.64. The van der Waals surface area contributed by atoms with Crippen molar-refractivity contribution in [3.8, 4) is 5.75 Å². The predicted octanol–water partition coefficient (Wildman–Crippen LogP) is 3.10. The lowest BCUT2D eigenvalue weighted by molar-refractivity contribution is -0.750. The van der Waals surface area contributed by atoms with Crippen LogP contribution in [0.2, 0.25) is 0 Å². The fourth-order valence-electron chi connectivity index (χ4n) is 5.30. The van der Waals surface area contributed by atoms with E-state index in [0.29, 0.717) is 18.7 Å². The molecule has 2 atom stereocenters. The monoisotopic (exact) mass is 443 g/mol. The highest BCUT2D eigenvalue weighted by atomic mass is 16.5. The van der Waals surface area contributed by atoms with Gasteiger partial charge in [0, 0.05) is 5.92 Å². The van der Waals surface area contributed by atoms with Crippen LogP contribution in [0.3, 0.4) is 0 Å². The molecule has 3 aliphatic heterocycles. The van der Waals surface area contributed by atoms with Crippen LogP contribution in [0.15, 0.2) is 82.3 Å². The largest absolute Gasteiger partial charge is 0.485 e. The molecule has 1 saturated carbocycles. The van der Waals surface area contributed by atoms with E-state index in [1.807, 2.05) is 30.5 Å². The molecule has 3 heterocycles. The number of hydrogen-bond acceptors (Lipinski definition) is 6. The van der Waals surface area contributed by atoms with Crippen LogP contribution in [-0.4, -0.2) is 39.1 Å². The first-order valence-corrected chi connectivity index (χ1v) is 11.4. The Hall–Kier alpha value is -3.10. The van der Waals surface area contributed by atoms with E-state index in [9.17, 15) is 10.2 Å². The number of aliphatic hydroxyl groups is 2. The first-order valence-electron chi connectivity index (χ1n) is 11.4. The molecule has 7 nitrogen and oxygen atoms in total. The first-order chi connectivity index (χ1) is 16.0. The van der Waals surface area contributed by atoms with Gasteiger partial charge < -0.3 is 14.9 Å². The van der Waals surface area contributed by atoms with E-state index in [4.69, 9.17) is 15.6 Å². The van der Waals surface area contributed by atoms with E-state index in [2.05, 4.69) is 29.3 Å². The minimum atomic E-state index is -1.03. The molecule has 0 radical (unpaired) electrons. The van der Waals surface area contributed by atoms with E-state index in [1.54, 1.807) is 12.4 Å². The normalized spacial score (nSPS) is 32.0. The molecule has 2 unspecified atom stereocenters. The van der Waals surface area contributed by atoms with Gasteiger partial charge in [0.15, 0.2) is 0 Å². The van der Waals surface area contributed by atoms with Gasteiger partial charge in [-0.15, -0.1) is 4.59 Å². The number of aliphatic hydroxyl groups excluding tert-OH is 1. The van der Waals surface area contributed by atoms with E-state index in [0.717, 1.165) is 35.5 Å². The number of amidine groups is 1. The number of benzene rings is 2. The van der Waals surface area contributed by atoms with Crippen LogP contribution in [0.1, 0.15) is 42.1 Å². The third-order valence-electron chi connectivity index (χ3n) is 7.20. The van der Waals surface area contributed by atoms with Gasteiger partial charge >= 0.3 is 0 Å². The molecule has 7 heteroatoms. The molecule has 0 aromatic heterocycles. The number of allylic oxidation sites excluding steroid dienone is 2. The van der Waals surface area contributed by atoms with Gasteiger partial charge in [-0.1, -0.05) is 36.4 Å². The lowest BCUT2D eigenvalue weighted by Gasteiger charge is -2.42. The Balaban J connectivity index is 1.34. The highest BCUT2D eigenvalue weighted by Crippen LogP contribution is 2.47. The Labute approximate surface area is 192 Å². The molecule has 6 rings (SSSR count). The number of aliphatic imine (C=N–C) groups is 2. The molecule has 4 aliphatic rings. The molecular formula is C26H27N4O3+. The van der Waals surface area contributed by atoms with Crippen LogP contribution in [0.25, 0.3) is 0 Å². The zero-order valence-corrected chi connectivity index (χ0v) is 18.3. The van der Waals surface area contributed by atoms with Crippen LogP contribution >= 0.6 is 0 Å². The summed E-state index contributed by atoms with van der Waals surface area (Å²) in [5.74, 6) is 8.46. The molecule has 168 valence electrons. The topological polar surface area (TPSA) is 100 Å². The molecule has 2 aromatic carbocycles. The number of rotatable bonds is 4. The van der Waals surface area contributed by atoms with Crippen molar-refractivity contribution in [3.63, 3.8) is 0 Å². The average molecular weight is 444 g/mol. The maximum Gasteiger partial charge on any atom is 0.265 e. The Morgan fingerprint density at radius 1 is 1.15 bits per heavy atom. The minimum absolute atomic E-state index is 0.0258. The minimum Gasteiger partial charge on any atom is -0.485 e. The summed E-state index contributed by atoms with van der Waals surface area (Å²) in [6, 6.07) is 16.5. The quantitative estimate of drug-likeness (QED) is 0.499. The van der Waals surface area contributed by atoms with Crippen molar-refractivity contribution >= 4 is 12.1 Å². The first kappa shape index (κ1) is 20.5. The van der Waals surface area contributed by atoms with Gasteiger partial charge in [-0.25, -0.2) is 0 Å². The summed E-state index contributed by atoms with van der Waals surface area (Å²) in [5.41, 5.74) is 3.86. The third kappa shape index (κ3) is 3.28. The summed E-state index contributed by atoms with van der Waals surface area (Å²) >= 11 is 0. The summed E-state index contributed by atoms with van der Waals surface area (Å²) < 4.78 is 6.35. The zero-order chi connectivity index (χ0) is 22.6. The number of fused-ring (bicyclic) bond motifs is 2. The Morgan fingerprint density at radius 2 is 1.97 bits per heavy atom. The Morgan fingerprint density at radius 3 is 2.76 bits per heavy atom. The number of aryl methyl sites for hydroxylation is 1. The summed E-state index contributed by atoms with van der Waals surface area (Å²) in [7, 11) is 0. The van der Waals surface area contributed by atoms with Gasteiger partial charge in [-0.3, -0.25) is 4.99 Å². The van der Waals surface area contributed by atoms with Crippen molar-refractivity contribution in [2.75, 3.05) is 6.61 Å². The van der Waals surface area contributed by atoms with E-state index < -0.39 is 5.60 Å². The molecular weight excluding hydrogens is 416 g/mol. The van der Waals surface area contributed by atoms with Crippen LogP contribution in [0.5, 0.6) is 5.75 Å². The molecule has 4 N–H and O–H groups in total. The molecule has 1 fully saturated rings. The van der Waals surface area contributed by atoms with E-state index in [1.165, 1.54) is 11.1 Å². The van der Waals surface area contributed by atoms with Crippen molar-refractivity contribution in [3.05, 3.63) is 89.0 Å². The zero-order valence-electron chi connectivity index (χ0n) is 18.3. The van der Waals surface area contributed by atoms with E-state index in [-0.39, 0.29) is 23.2 Å². The SMILES string of the molecule is N[N+]12C=CN=CC1=C(C1CC(O)(CO)C1)N=C2c1ccc2c(c1)OC(c1ccccc1)CC2. The second-order valence-corrected chi connectivity index (χ2v) is 9.43. The van der Waals surface area contributed by atoms with Gasteiger partial charge in [0.05, 0.1) is 30.2 Å². The Bertz CT molecular complexity index is 1230. The number of quaternary nitrogens is 1. The van der Waals surface area contributed by atoms with Crippen molar-refractivity contribution < 1.29 is 19.5 Å². The fraction of sp³-hybridized carbons (Fsp3) is 0.308. The molecule has 0 saturated heterocycles. The van der Waals surface area contributed by atoms with Crippen molar-refractivity contribution in [1.29, 1.82) is 0 Å². The van der Waals surface area contributed by atoms with Crippen LogP contribution in [-0.2, 0) is 6.42 Å². The number of hydrogen-bond donors (Lipinski definition) is 3. The second-order valence-electron chi connectivity index (χ2n) is 9.43. The highest BCUT2D eigenvalue weighted by Gasteiger charge is 2.52. The lowest BCUT2D eigenvalue weighted by Crippen LogP contribution is -2.53. The van der Waals surface area contributed by atoms with Crippen molar-refractivity contribution in [2.24, 2.45) is 21.7 Å². The molecule has 2 aromatic rings. The number of nitrogens with two attached hydrogens (primary N) is 1. The van der Waals surface area contributed by atoms with Gasteiger partial charge in [-0.2, -0.15) is 10.8 Å². The van der Waals surface area contributed by atoms with Crippen molar-refractivity contribution in [1.82, 2.24) is 0 Å². The number of ether oxygens (including phenoxy) is 1. The maximum atomic E-state index is 10.3. The predicted molar refractivity (Wildman–Crippen MR) is 125 cm³/mol. The maximum absolute atomic E-state index is 10.3. The van der Waals surface area contributed by atoms with E-state index >= 15 is 0 Å². The smallest absolute Gasteiger partial charge is 0.265 e. The van der Waals surface area contributed by atoms with Crippen LogP contribution < -0.4 is 10.6 Å². The van der Waals surface area contributed by atoms with Gasteiger partial charge in [0.1, 0.15) is 23.8 Å². The van der Waals surface area contributed by atoms with Gasteiger partial charge in [-0.05, 0) is 48.9 Å². The van der Waals surface area contributed by atoms with Crippen LogP contribution in [0, 0.1) is 5.92 Å². The summed E-state index contributed by atoms with van der Waals surface area (Å²) in [6.45, 7) is -0.246. The molecule has 0 amide bonds. The summed E-state index contributed by atoms with van der Waals surface area (Å²) in [4.78, 5) is 9.26. The molecule has 0 spiro atoms. The summed E-state index contributed by atoms with van der Waals surface area (Å²) in [5, 5.41) is 19.8. The van der Waals surface area contributed by atoms with Crippen molar-refractivity contribution in [2.45, 2.75) is 37.4 Å². The number of nitrogens with zero attached hydrogens (tertiary/aromatic N) is 3. The average Bonchev–Trinajstić information content (AvgIpc) is 3.14. The van der Waals surface area contributed by atoms with Crippen LogP contribution in [0.4, 0.5) is 0 Å². The van der Waals surface area contributed by atoms with Gasteiger partial charge in [0.2, 0.25) is 5.70 Å². The molecule has 33 heavy (non-hydrogen) atoms. The highest BCUT2D eigenvalue weighted by molar-refractivity contribution is 6.00. The van der Waals surface area contributed by atoms with Gasteiger partial charge in [0.25, 0.3) is 5.84 Å². The second kappa shape index (κ2) is 7.46.